The van der Waals surface area contributed by atoms with Gasteiger partial charge < -0.3 is 9.64 Å². The SMILES string of the molecule is CC[C@@H]1Cc2[nH]ncc2[C@@H](COC(=O)N(C)C)N1S(=O)(=O)c1ccc(Cl)cc1. The van der Waals surface area contributed by atoms with E-state index in [0.29, 0.717) is 23.4 Å². The maximum absolute atomic E-state index is 13.5. The first-order chi connectivity index (χ1) is 13.3. The fraction of sp³-hybridized carbons (Fsp3) is 0.444. The van der Waals surface area contributed by atoms with Crippen molar-refractivity contribution < 1.29 is 17.9 Å². The van der Waals surface area contributed by atoms with Crippen LogP contribution in [-0.2, 0) is 21.2 Å². The first-order valence-electron chi connectivity index (χ1n) is 8.91. The fourth-order valence-corrected chi connectivity index (χ4v) is 5.32. The Bertz CT molecular complexity index is 943. The molecule has 0 unspecified atom stereocenters. The molecule has 1 aromatic heterocycles. The molecule has 0 saturated heterocycles. The van der Waals surface area contributed by atoms with Crippen molar-refractivity contribution in [1.29, 1.82) is 0 Å². The number of nitrogens with zero attached hydrogens (tertiary/aromatic N) is 3. The van der Waals surface area contributed by atoms with Gasteiger partial charge >= 0.3 is 6.09 Å². The Morgan fingerprint density at radius 1 is 1.36 bits per heavy atom. The first-order valence-corrected chi connectivity index (χ1v) is 10.7. The van der Waals surface area contributed by atoms with Crippen molar-refractivity contribution in [3.8, 4) is 0 Å². The molecular weight excluding hydrogens is 404 g/mol. The number of ether oxygens (including phenoxy) is 1. The van der Waals surface area contributed by atoms with Crippen LogP contribution >= 0.6 is 11.6 Å². The van der Waals surface area contributed by atoms with Crippen LogP contribution in [0.1, 0.15) is 30.6 Å². The summed E-state index contributed by atoms with van der Waals surface area (Å²) >= 11 is 5.92. The molecule has 1 aliphatic heterocycles. The molecule has 1 amide bonds. The van der Waals surface area contributed by atoms with Crippen molar-refractivity contribution in [3.63, 3.8) is 0 Å². The molecule has 10 heteroatoms. The molecule has 3 rings (SSSR count). The fourth-order valence-electron chi connectivity index (χ4n) is 3.35. The number of carbonyl (C=O) groups excluding carboxylic acids is 1. The van der Waals surface area contributed by atoms with Crippen LogP contribution in [0.5, 0.6) is 0 Å². The van der Waals surface area contributed by atoms with Crippen LogP contribution in [0.25, 0.3) is 0 Å². The van der Waals surface area contributed by atoms with Gasteiger partial charge in [0, 0.05) is 42.8 Å². The van der Waals surface area contributed by atoms with Gasteiger partial charge in [0.15, 0.2) is 0 Å². The maximum atomic E-state index is 13.5. The highest BCUT2D eigenvalue weighted by atomic mass is 35.5. The molecule has 152 valence electrons. The van der Waals surface area contributed by atoms with Crippen LogP contribution in [0, 0.1) is 0 Å². The summed E-state index contributed by atoms with van der Waals surface area (Å²) in [6, 6.07) is 5.10. The van der Waals surface area contributed by atoms with E-state index < -0.39 is 22.2 Å². The molecule has 0 saturated carbocycles. The second-order valence-corrected chi connectivity index (χ2v) is 9.13. The van der Waals surface area contributed by atoms with Gasteiger partial charge in [0.05, 0.1) is 17.1 Å². The highest BCUT2D eigenvalue weighted by Gasteiger charge is 2.43. The highest BCUT2D eigenvalue weighted by Crippen LogP contribution is 2.38. The third kappa shape index (κ3) is 3.87. The number of H-pyrrole nitrogens is 1. The lowest BCUT2D eigenvalue weighted by Crippen LogP contribution is -2.48. The van der Waals surface area contributed by atoms with Crippen molar-refractivity contribution >= 4 is 27.7 Å². The Labute approximate surface area is 169 Å². The molecule has 1 aliphatic rings. The van der Waals surface area contributed by atoms with Gasteiger partial charge in [-0.15, -0.1) is 0 Å². The van der Waals surface area contributed by atoms with E-state index in [9.17, 15) is 13.2 Å². The molecule has 0 spiro atoms. The standard InChI is InChI=1S/C18H23ClN4O4S/c1-4-13-9-16-15(10-20-21-16)17(11-27-18(24)22(2)3)23(13)28(25,26)14-7-5-12(19)6-8-14/h5-8,10,13,17H,4,9,11H2,1-3H3,(H,20,21)/t13-,17-/m1/s1. The number of carbonyl (C=O) groups is 1. The number of hydrogen-bond acceptors (Lipinski definition) is 5. The van der Waals surface area contributed by atoms with Crippen molar-refractivity contribution in [2.75, 3.05) is 20.7 Å². The zero-order valence-corrected chi connectivity index (χ0v) is 17.5. The molecule has 1 N–H and O–H groups in total. The molecule has 1 aromatic carbocycles. The largest absolute Gasteiger partial charge is 0.447 e. The number of amides is 1. The van der Waals surface area contributed by atoms with Crippen LogP contribution in [0.3, 0.4) is 0 Å². The molecule has 8 nitrogen and oxygen atoms in total. The van der Waals surface area contributed by atoms with Crippen LogP contribution in [0.2, 0.25) is 5.02 Å². The minimum atomic E-state index is -3.85. The number of aromatic amines is 1. The summed E-state index contributed by atoms with van der Waals surface area (Å²) in [7, 11) is -0.704. The highest BCUT2D eigenvalue weighted by molar-refractivity contribution is 7.89. The second kappa shape index (κ2) is 8.10. The number of sulfonamides is 1. The normalized spacial score (nSPS) is 19.9. The summed E-state index contributed by atoms with van der Waals surface area (Å²) in [5.41, 5.74) is 1.58. The van der Waals surface area contributed by atoms with E-state index in [1.165, 1.54) is 21.3 Å². The summed E-state index contributed by atoms with van der Waals surface area (Å²) < 4.78 is 33.8. The third-order valence-corrected chi connectivity index (χ3v) is 7.04. The third-order valence-electron chi connectivity index (χ3n) is 4.81. The van der Waals surface area contributed by atoms with Crippen molar-refractivity contribution in [2.45, 2.75) is 36.7 Å². The summed E-state index contributed by atoms with van der Waals surface area (Å²) in [5.74, 6) is 0. The molecule has 0 bridgehead atoms. The lowest BCUT2D eigenvalue weighted by Gasteiger charge is -2.40. The Kier molecular flexibility index (Phi) is 5.97. The van der Waals surface area contributed by atoms with E-state index in [4.69, 9.17) is 16.3 Å². The number of hydrogen-bond donors (Lipinski definition) is 1. The van der Waals surface area contributed by atoms with Gasteiger partial charge in [-0.3, -0.25) is 5.10 Å². The number of rotatable bonds is 5. The van der Waals surface area contributed by atoms with Gasteiger partial charge in [-0.2, -0.15) is 9.40 Å². The van der Waals surface area contributed by atoms with E-state index in [1.807, 2.05) is 6.92 Å². The Hall–Kier alpha value is -2.10. The van der Waals surface area contributed by atoms with Crippen LogP contribution in [-0.4, -0.2) is 60.7 Å². The van der Waals surface area contributed by atoms with Gasteiger partial charge in [0.2, 0.25) is 10.0 Å². The second-order valence-electron chi connectivity index (χ2n) is 6.85. The number of benzene rings is 1. The van der Waals surface area contributed by atoms with Gasteiger partial charge in [-0.1, -0.05) is 18.5 Å². The average molecular weight is 427 g/mol. The monoisotopic (exact) mass is 426 g/mol. The van der Waals surface area contributed by atoms with E-state index in [-0.39, 0.29) is 17.5 Å². The van der Waals surface area contributed by atoms with Crippen molar-refractivity contribution in [3.05, 3.63) is 46.7 Å². The Balaban J connectivity index is 2.03. The van der Waals surface area contributed by atoms with E-state index in [0.717, 1.165) is 5.69 Å². The molecule has 2 heterocycles. The summed E-state index contributed by atoms with van der Waals surface area (Å²) in [4.78, 5) is 13.4. The molecular formula is C18H23ClN4O4S. The molecule has 0 fully saturated rings. The summed E-state index contributed by atoms with van der Waals surface area (Å²) in [6.07, 6.45) is 2.17. The molecule has 2 atom stereocenters. The minimum absolute atomic E-state index is 0.104. The number of fused-ring (bicyclic) bond motifs is 1. The van der Waals surface area contributed by atoms with Gasteiger partial charge in [-0.25, -0.2) is 13.2 Å². The predicted octanol–water partition coefficient (Wildman–Crippen LogP) is 2.83. The topological polar surface area (TPSA) is 95.6 Å². The minimum Gasteiger partial charge on any atom is -0.447 e. The van der Waals surface area contributed by atoms with Crippen LogP contribution in [0.15, 0.2) is 35.4 Å². The number of halogens is 1. The summed E-state index contributed by atoms with van der Waals surface area (Å²) in [5, 5.41) is 7.47. The van der Waals surface area contributed by atoms with Crippen molar-refractivity contribution in [1.82, 2.24) is 19.4 Å². The van der Waals surface area contributed by atoms with E-state index >= 15 is 0 Å². The number of nitrogens with one attached hydrogen (secondary N) is 1. The lowest BCUT2D eigenvalue weighted by molar-refractivity contribution is 0.0817. The average Bonchev–Trinajstić information content (AvgIpc) is 3.13. The van der Waals surface area contributed by atoms with E-state index in [1.54, 1.807) is 32.4 Å². The summed E-state index contributed by atoms with van der Waals surface area (Å²) in [6.45, 7) is 1.83. The molecule has 28 heavy (non-hydrogen) atoms. The predicted molar refractivity (Wildman–Crippen MR) is 105 cm³/mol. The molecule has 0 aliphatic carbocycles. The molecule has 2 aromatic rings. The van der Waals surface area contributed by atoms with Crippen LogP contribution in [0.4, 0.5) is 4.79 Å². The smallest absolute Gasteiger partial charge is 0.409 e. The van der Waals surface area contributed by atoms with Crippen molar-refractivity contribution in [2.24, 2.45) is 0 Å². The zero-order chi connectivity index (χ0) is 20.5. The van der Waals surface area contributed by atoms with Crippen LogP contribution < -0.4 is 0 Å². The van der Waals surface area contributed by atoms with E-state index in [2.05, 4.69) is 10.2 Å². The number of aromatic nitrogens is 2. The Morgan fingerprint density at radius 2 is 2.04 bits per heavy atom. The first kappa shape index (κ1) is 20.6. The lowest BCUT2D eigenvalue weighted by atomic mass is 9.95. The maximum Gasteiger partial charge on any atom is 0.409 e. The van der Waals surface area contributed by atoms with Gasteiger partial charge in [0.1, 0.15) is 6.61 Å². The zero-order valence-electron chi connectivity index (χ0n) is 15.9. The molecule has 0 radical (unpaired) electrons. The quantitative estimate of drug-likeness (QED) is 0.793. The Morgan fingerprint density at radius 3 is 2.64 bits per heavy atom. The van der Waals surface area contributed by atoms with Gasteiger partial charge in [-0.05, 0) is 30.7 Å². The van der Waals surface area contributed by atoms with Gasteiger partial charge in [0.25, 0.3) is 0 Å².